The van der Waals surface area contributed by atoms with E-state index in [0.29, 0.717) is 30.0 Å². The highest BCUT2D eigenvalue weighted by Gasteiger charge is 2.41. The van der Waals surface area contributed by atoms with Gasteiger partial charge in [0, 0.05) is 12.2 Å². The number of ether oxygens (including phenoxy) is 2. The van der Waals surface area contributed by atoms with Crippen LogP contribution in [0.25, 0.3) is 5.57 Å². The quantitative estimate of drug-likeness (QED) is 0.513. The van der Waals surface area contributed by atoms with E-state index in [2.05, 4.69) is 0 Å². The Morgan fingerprint density at radius 3 is 2.09 bits per heavy atom. The summed E-state index contributed by atoms with van der Waals surface area (Å²) in [5.41, 5.74) is 2.35. The topological polar surface area (TPSA) is 59.1 Å². The number of carbonyl (C=O) groups excluding carboxylic acids is 2. The summed E-state index contributed by atoms with van der Waals surface area (Å²) >= 11 is 0. The third-order valence-corrected chi connectivity index (χ3v) is 5.08. The number of amides is 2. The maximum atomic E-state index is 13.5. The fourth-order valence-corrected chi connectivity index (χ4v) is 3.71. The predicted molar refractivity (Wildman–Crippen MR) is 126 cm³/mol. The van der Waals surface area contributed by atoms with Crippen LogP contribution in [0, 0.1) is 0 Å². The van der Waals surface area contributed by atoms with Crippen LogP contribution in [0.2, 0.25) is 0 Å². The molecule has 1 aliphatic rings. The van der Waals surface area contributed by atoms with Crippen molar-refractivity contribution in [2.75, 3.05) is 24.6 Å². The van der Waals surface area contributed by atoms with Crippen molar-refractivity contribution in [3.8, 4) is 5.75 Å². The molecule has 0 saturated carbocycles. The van der Waals surface area contributed by atoms with E-state index in [4.69, 9.17) is 9.47 Å². The van der Waals surface area contributed by atoms with Crippen molar-refractivity contribution in [1.82, 2.24) is 4.90 Å². The number of anilines is 1. The van der Waals surface area contributed by atoms with Crippen LogP contribution in [-0.4, -0.2) is 48.6 Å². The lowest BCUT2D eigenvalue weighted by Crippen LogP contribution is -2.37. The Kier molecular flexibility index (Phi) is 7.70. The second-order valence-electron chi connectivity index (χ2n) is 8.18. The molecule has 0 spiro atoms. The lowest BCUT2D eigenvalue weighted by atomic mass is 10.0. The highest BCUT2D eigenvalue weighted by Crippen LogP contribution is 2.34. The predicted octanol–water partition coefficient (Wildman–Crippen LogP) is 4.51. The highest BCUT2D eigenvalue weighted by molar-refractivity contribution is 6.36. The van der Waals surface area contributed by atoms with Gasteiger partial charge in [0.25, 0.3) is 11.8 Å². The monoisotopic (exact) mass is 436 g/mol. The normalized spacial score (nSPS) is 14.2. The number of nitrogens with zero attached hydrogens (tertiary/aromatic N) is 2. The largest absolute Gasteiger partial charge is 0.491 e. The van der Waals surface area contributed by atoms with E-state index in [9.17, 15) is 9.59 Å². The van der Waals surface area contributed by atoms with E-state index >= 15 is 0 Å². The van der Waals surface area contributed by atoms with Crippen molar-refractivity contribution >= 4 is 23.1 Å². The first-order valence-electron chi connectivity index (χ1n) is 11.1. The van der Waals surface area contributed by atoms with Crippen molar-refractivity contribution in [3.05, 3.63) is 65.9 Å². The number of benzene rings is 2. The first-order chi connectivity index (χ1) is 15.3. The van der Waals surface area contributed by atoms with Crippen molar-refractivity contribution in [1.29, 1.82) is 0 Å². The molecule has 32 heavy (non-hydrogen) atoms. The molecule has 1 aliphatic heterocycles. The molecular formula is C26H32N2O4. The van der Waals surface area contributed by atoms with Crippen molar-refractivity contribution in [3.63, 3.8) is 0 Å². The van der Waals surface area contributed by atoms with Gasteiger partial charge < -0.3 is 14.4 Å². The van der Waals surface area contributed by atoms with Crippen LogP contribution in [-0.2, 0) is 14.3 Å². The van der Waals surface area contributed by atoms with E-state index in [0.717, 1.165) is 11.4 Å². The second kappa shape index (κ2) is 10.5. The molecule has 0 radical (unpaired) electrons. The number of rotatable bonds is 10. The maximum absolute atomic E-state index is 13.5. The van der Waals surface area contributed by atoms with Gasteiger partial charge in [-0.3, -0.25) is 14.5 Å². The van der Waals surface area contributed by atoms with Gasteiger partial charge in [0.1, 0.15) is 11.4 Å². The highest BCUT2D eigenvalue weighted by atomic mass is 16.5. The molecule has 1 heterocycles. The minimum atomic E-state index is -0.302. The molecule has 0 saturated heterocycles. The first kappa shape index (κ1) is 23.5. The van der Waals surface area contributed by atoms with Crippen LogP contribution in [0.3, 0.4) is 0 Å². The van der Waals surface area contributed by atoms with Gasteiger partial charge in [-0.15, -0.1) is 0 Å². The molecule has 6 heteroatoms. The number of hydrogen-bond donors (Lipinski definition) is 0. The molecule has 0 aliphatic carbocycles. The van der Waals surface area contributed by atoms with Crippen molar-refractivity contribution in [2.45, 2.75) is 46.8 Å². The summed E-state index contributed by atoms with van der Waals surface area (Å²) < 4.78 is 11.3. The summed E-state index contributed by atoms with van der Waals surface area (Å²) in [6.45, 7) is 10.8. The molecule has 2 aromatic carbocycles. The molecule has 0 unspecified atom stereocenters. The van der Waals surface area contributed by atoms with Gasteiger partial charge in [-0.05, 0) is 64.4 Å². The van der Waals surface area contributed by atoms with E-state index in [1.807, 2.05) is 94.1 Å². The van der Waals surface area contributed by atoms with Gasteiger partial charge >= 0.3 is 0 Å². The van der Waals surface area contributed by atoms with Gasteiger partial charge in [-0.1, -0.05) is 30.3 Å². The molecule has 170 valence electrons. The van der Waals surface area contributed by atoms with Crippen LogP contribution in [0.15, 0.2) is 60.3 Å². The average molecular weight is 437 g/mol. The zero-order valence-electron chi connectivity index (χ0n) is 19.5. The van der Waals surface area contributed by atoms with E-state index in [1.165, 1.54) is 4.90 Å². The number of imide groups is 1. The SMILES string of the molecule is CCN(C1=C(c2ccc(OC(C)C)cc2)C(=O)N(CCOC(C)C)C1=O)c1ccccc1. The minimum absolute atomic E-state index is 0.0275. The van der Waals surface area contributed by atoms with E-state index in [1.54, 1.807) is 0 Å². The Hall–Kier alpha value is -3.12. The van der Waals surface area contributed by atoms with Gasteiger partial charge in [0.15, 0.2) is 0 Å². The zero-order valence-corrected chi connectivity index (χ0v) is 19.5. The summed E-state index contributed by atoms with van der Waals surface area (Å²) in [6.07, 6.45) is 0.0788. The van der Waals surface area contributed by atoms with Crippen molar-refractivity contribution < 1.29 is 19.1 Å². The molecule has 0 aromatic heterocycles. The lowest BCUT2D eigenvalue weighted by molar-refractivity contribution is -0.138. The number of carbonyl (C=O) groups is 2. The van der Waals surface area contributed by atoms with Crippen LogP contribution in [0.4, 0.5) is 5.69 Å². The van der Waals surface area contributed by atoms with E-state index < -0.39 is 0 Å². The summed E-state index contributed by atoms with van der Waals surface area (Å²) in [5.74, 6) is 0.120. The van der Waals surface area contributed by atoms with Gasteiger partial charge in [-0.2, -0.15) is 0 Å². The van der Waals surface area contributed by atoms with Crippen LogP contribution in [0.5, 0.6) is 5.75 Å². The fraction of sp³-hybridized carbons (Fsp3) is 0.385. The molecule has 2 aromatic rings. The van der Waals surface area contributed by atoms with Gasteiger partial charge in [-0.25, -0.2) is 0 Å². The molecule has 0 atom stereocenters. The molecule has 0 N–H and O–H groups in total. The Labute approximate surface area is 190 Å². The van der Waals surface area contributed by atoms with Crippen LogP contribution in [0.1, 0.15) is 40.2 Å². The summed E-state index contributed by atoms with van der Waals surface area (Å²) in [5, 5.41) is 0. The molecule has 6 nitrogen and oxygen atoms in total. The Morgan fingerprint density at radius 1 is 0.875 bits per heavy atom. The minimum Gasteiger partial charge on any atom is -0.491 e. The second-order valence-corrected chi connectivity index (χ2v) is 8.18. The zero-order chi connectivity index (χ0) is 23.3. The molecule has 0 fully saturated rings. The van der Waals surface area contributed by atoms with Crippen LogP contribution >= 0.6 is 0 Å². The summed E-state index contributed by atoms with van der Waals surface area (Å²) in [7, 11) is 0. The Morgan fingerprint density at radius 2 is 1.53 bits per heavy atom. The summed E-state index contributed by atoms with van der Waals surface area (Å²) in [4.78, 5) is 30.1. The molecule has 3 rings (SSSR count). The molecule has 0 bridgehead atoms. The maximum Gasteiger partial charge on any atom is 0.278 e. The standard InChI is InChI=1S/C26H32N2O4/c1-6-27(21-10-8-7-9-11-21)24-23(20-12-14-22(15-13-20)32-19(4)5)25(29)28(26(24)30)16-17-31-18(2)3/h7-15,18-19H,6,16-17H2,1-5H3. The van der Waals surface area contributed by atoms with Crippen LogP contribution < -0.4 is 9.64 Å². The number of likely N-dealkylation sites (N-methyl/N-ethyl adjacent to an activating group) is 1. The Balaban J connectivity index is 2.03. The van der Waals surface area contributed by atoms with Gasteiger partial charge in [0.2, 0.25) is 0 Å². The number of para-hydroxylation sites is 1. The van der Waals surface area contributed by atoms with E-state index in [-0.39, 0.29) is 30.6 Å². The molecule has 2 amide bonds. The smallest absolute Gasteiger partial charge is 0.278 e. The van der Waals surface area contributed by atoms with Crippen molar-refractivity contribution in [2.24, 2.45) is 0 Å². The molecular weight excluding hydrogens is 404 g/mol. The Bertz CT molecular complexity index is 965. The lowest BCUT2D eigenvalue weighted by Gasteiger charge is -2.25. The average Bonchev–Trinajstić information content (AvgIpc) is 3.00. The third-order valence-electron chi connectivity index (χ3n) is 5.08. The summed E-state index contributed by atoms with van der Waals surface area (Å²) in [6, 6.07) is 17.0. The number of hydrogen-bond acceptors (Lipinski definition) is 5. The first-order valence-corrected chi connectivity index (χ1v) is 11.1. The fourth-order valence-electron chi connectivity index (χ4n) is 3.71. The third kappa shape index (κ3) is 5.19. The van der Waals surface area contributed by atoms with Gasteiger partial charge in [0.05, 0.1) is 30.9 Å².